The van der Waals surface area contributed by atoms with E-state index in [4.69, 9.17) is 18.9 Å². The average molecular weight is 409 g/mol. The van der Waals surface area contributed by atoms with Crippen LogP contribution < -0.4 is 5.32 Å². The van der Waals surface area contributed by atoms with E-state index >= 15 is 0 Å². The molecule has 5 unspecified atom stereocenters. The molecule has 28 heavy (non-hydrogen) atoms. The van der Waals surface area contributed by atoms with Crippen molar-refractivity contribution in [3.05, 3.63) is 0 Å². The zero-order valence-corrected chi connectivity index (χ0v) is 15.7. The largest absolute Gasteiger partial charge is 0.479 e. The summed E-state index contributed by atoms with van der Waals surface area (Å²) in [7, 11) is 1.16. The second-order valence-electron chi connectivity index (χ2n) is 6.82. The van der Waals surface area contributed by atoms with Gasteiger partial charge in [0.05, 0.1) is 18.8 Å². The summed E-state index contributed by atoms with van der Waals surface area (Å²) in [6.45, 7) is 2.28. The lowest BCUT2D eigenvalue weighted by Crippen LogP contribution is -2.67. The molecule has 2 rings (SSSR count). The molecule has 2 heterocycles. The Balaban J connectivity index is 2.26. The first-order valence-corrected chi connectivity index (χ1v) is 8.76. The molecule has 0 aliphatic carbocycles. The number of ether oxygens (including phenoxy) is 4. The summed E-state index contributed by atoms with van der Waals surface area (Å²) in [4.78, 5) is 23.0. The van der Waals surface area contributed by atoms with E-state index in [0.717, 1.165) is 7.11 Å². The second-order valence-corrected chi connectivity index (χ2v) is 6.82. The van der Waals surface area contributed by atoms with Crippen molar-refractivity contribution in [3.63, 3.8) is 0 Å². The quantitative estimate of drug-likeness (QED) is 0.256. The number of rotatable bonds is 6. The van der Waals surface area contributed by atoms with Crippen LogP contribution in [-0.2, 0) is 28.5 Å². The number of aliphatic hydroxyl groups is 4. The molecule has 2 saturated heterocycles. The van der Waals surface area contributed by atoms with Gasteiger partial charge >= 0.3 is 5.97 Å². The third-order valence-electron chi connectivity index (χ3n) is 4.87. The van der Waals surface area contributed by atoms with Crippen LogP contribution in [0, 0.1) is 0 Å². The molecule has 12 heteroatoms. The first-order chi connectivity index (χ1) is 13.1. The molecule has 162 valence electrons. The fraction of sp³-hybridized carbons (Fsp3) is 0.875. The number of nitrogens with one attached hydrogen (secondary N) is 1. The Morgan fingerprint density at radius 1 is 1.07 bits per heavy atom. The zero-order valence-electron chi connectivity index (χ0n) is 15.7. The molecule has 2 aliphatic heterocycles. The van der Waals surface area contributed by atoms with Crippen molar-refractivity contribution in [3.8, 4) is 0 Å². The van der Waals surface area contributed by atoms with E-state index in [9.17, 15) is 35.1 Å². The molecule has 0 aromatic rings. The number of carboxylic acids is 1. The van der Waals surface area contributed by atoms with E-state index in [1.165, 1.54) is 6.92 Å². The van der Waals surface area contributed by atoms with E-state index in [0.29, 0.717) is 0 Å². The van der Waals surface area contributed by atoms with E-state index in [2.05, 4.69) is 5.32 Å². The molecule has 0 saturated carbocycles. The Bertz CT molecular complexity index is 561. The molecule has 0 radical (unpaired) electrons. The Morgan fingerprint density at radius 3 is 2.21 bits per heavy atom. The van der Waals surface area contributed by atoms with Crippen molar-refractivity contribution in [1.82, 2.24) is 5.32 Å². The standard InChI is InChI=1S/C16H27NO11/c1-5-8(17-6(2)19)12(9(20)7(4-18)26-5)27-16-11(22)10(21)13(25-3)14(28-16)15(23)24/h5,7-14,16,18,20-22H,4H2,1-3H3,(H,17,19)(H,23,24)/t5?,7?,8?,9-,10?,11+,12-,13+,14?,16-/m1/s1. The number of hydrogen-bond acceptors (Lipinski definition) is 10. The zero-order chi connectivity index (χ0) is 21.2. The smallest absolute Gasteiger partial charge is 0.335 e. The predicted molar refractivity (Wildman–Crippen MR) is 89.0 cm³/mol. The van der Waals surface area contributed by atoms with Gasteiger partial charge in [-0.05, 0) is 6.92 Å². The summed E-state index contributed by atoms with van der Waals surface area (Å²) in [5.74, 6) is -1.89. The van der Waals surface area contributed by atoms with Crippen LogP contribution in [-0.4, -0.2) is 112 Å². The highest BCUT2D eigenvalue weighted by atomic mass is 16.7. The molecule has 1 amide bonds. The van der Waals surface area contributed by atoms with Crippen LogP contribution in [0.5, 0.6) is 0 Å². The Labute approximate surface area is 160 Å². The van der Waals surface area contributed by atoms with Gasteiger partial charge in [0.2, 0.25) is 5.91 Å². The van der Waals surface area contributed by atoms with Crippen molar-refractivity contribution in [2.75, 3.05) is 13.7 Å². The summed E-state index contributed by atoms with van der Waals surface area (Å²) in [6.07, 6.45) is -12.4. The molecule has 2 aliphatic rings. The van der Waals surface area contributed by atoms with Gasteiger partial charge in [0, 0.05) is 14.0 Å². The second kappa shape index (κ2) is 9.41. The van der Waals surface area contributed by atoms with Crippen LogP contribution in [0.2, 0.25) is 0 Å². The summed E-state index contributed by atoms with van der Waals surface area (Å²) in [6, 6.07) is -0.897. The van der Waals surface area contributed by atoms with Gasteiger partial charge in [-0.1, -0.05) is 0 Å². The van der Waals surface area contributed by atoms with Crippen LogP contribution in [0.15, 0.2) is 0 Å². The summed E-state index contributed by atoms with van der Waals surface area (Å²) in [5, 5.41) is 52.2. The Morgan fingerprint density at radius 2 is 1.71 bits per heavy atom. The Kier molecular flexibility index (Phi) is 7.70. The van der Waals surface area contributed by atoms with E-state index < -0.39 is 79.6 Å². The molecule has 10 atom stereocenters. The minimum atomic E-state index is -1.70. The van der Waals surface area contributed by atoms with Gasteiger partial charge in [-0.15, -0.1) is 0 Å². The molecule has 0 bridgehead atoms. The lowest BCUT2D eigenvalue weighted by atomic mass is 9.92. The normalized spacial score (nSPS) is 44.1. The molecule has 12 nitrogen and oxygen atoms in total. The summed E-state index contributed by atoms with van der Waals surface area (Å²) >= 11 is 0. The van der Waals surface area contributed by atoms with E-state index in [1.807, 2.05) is 0 Å². The predicted octanol–water partition coefficient (Wildman–Crippen LogP) is -3.44. The molecule has 0 aromatic carbocycles. The van der Waals surface area contributed by atoms with E-state index in [1.54, 1.807) is 6.92 Å². The topological polar surface area (TPSA) is 184 Å². The van der Waals surface area contributed by atoms with Crippen LogP contribution in [0.25, 0.3) is 0 Å². The first-order valence-electron chi connectivity index (χ1n) is 8.76. The summed E-state index contributed by atoms with van der Waals surface area (Å²) < 4.78 is 21.2. The summed E-state index contributed by atoms with van der Waals surface area (Å²) in [5.41, 5.74) is 0. The van der Waals surface area contributed by atoms with Crippen LogP contribution in [0.3, 0.4) is 0 Å². The highest BCUT2D eigenvalue weighted by Crippen LogP contribution is 2.30. The van der Waals surface area contributed by atoms with Crippen molar-refractivity contribution in [1.29, 1.82) is 0 Å². The van der Waals surface area contributed by atoms with Gasteiger partial charge in [0.1, 0.15) is 36.6 Å². The molecule has 2 fully saturated rings. The van der Waals surface area contributed by atoms with Crippen molar-refractivity contribution < 1.29 is 54.1 Å². The maximum Gasteiger partial charge on any atom is 0.335 e. The lowest BCUT2D eigenvalue weighted by Gasteiger charge is -2.47. The highest BCUT2D eigenvalue weighted by molar-refractivity contribution is 5.73. The number of aliphatic carboxylic acids is 1. The number of methoxy groups -OCH3 is 1. The van der Waals surface area contributed by atoms with Crippen LogP contribution >= 0.6 is 0 Å². The maximum absolute atomic E-state index is 11.5. The van der Waals surface area contributed by atoms with Crippen molar-refractivity contribution in [2.24, 2.45) is 0 Å². The van der Waals surface area contributed by atoms with Crippen LogP contribution in [0.1, 0.15) is 13.8 Å². The minimum Gasteiger partial charge on any atom is -0.479 e. The number of amides is 1. The third-order valence-corrected chi connectivity index (χ3v) is 4.87. The number of aliphatic hydroxyl groups excluding tert-OH is 4. The lowest BCUT2D eigenvalue weighted by molar-refractivity contribution is -0.327. The molecule has 0 spiro atoms. The number of carboxylic acid groups (broad SMARTS) is 1. The SMILES string of the molecule is CO[C@@H]1C(C(=O)O)O[C@@H](O[C@@H]2C(NC(C)=O)C(C)OC(CO)[C@H]2O)[C@@H](O)C1O. The first kappa shape index (κ1) is 22.9. The van der Waals surface area contributed by atoms with Crippen LogP contribution in [0.4, 0.5) is 0 Å². The van der Waals surface area contributed by atoms with Gasteiger partial charge < -0.3 is 49.8 Å². The van der Waals surface area contributed by atoms with Gasteiger partial charge in [-0.25, -0.2) is 4.79 Å². The number of carbonyl (C=O) groups is 2. The van der Waals surface area contributed by atoms with Crippen molar-refractivity contribution in [2.45, 2.75) is 75.0 Å². The average Bonchev–Trinajstić information content (AvgIpc) is 2.63. The van der Waals surface area contributed by atoms with Gasteiger partial charge in [0.25, 0.3) is 0 Å². The van der Waals surface area contributed by atoms with Crippen molar-refractivity contribution >= 4 is 11.9 Å². The highest BCUT2D eigenvalue weighted by Gasteiger charge is 2.52. The molecular weight excluding hydrogens is 382 g/mol. The molecule has 0 aromatic heterocycles. The van der Waals surface area contributed by atoms with Gasteiger partial charge in [-0.3, -0.25) is 4.79 Å². The van der Waals surface area contributed by atoms with Gasteiger partial charge in [-0.2, -0.15) is 0 Å². The maximum atomic E-state index is 11.5. The molecule has 6 N–H and O–H groups in total. The third kappa shape index (κ3) is 4.60. The van der Waals surface area contributed by atoms with Gasteiger partial charge in [0.15, 0.2) is 12.4 Å². The number of hydrogen-bond donors (Lipinski definition) is 6. The minimum absolute atomic E-state index is 0.447. The fourth-order valence-electron chi connectivity index (χ4n) is 3.45. The molecular formula is C16H27NO11. The number of carbonyl (C=O) groups excluding carboxylic acids is 1. The fourth-order valence-corrected chi connectivity index (χ4v) is 3.45. The Hall–Kier alpha value is -1.38. The monoisotopic (exact) mass is 409 g/mol. The van der Waals surface area contributed by atoms with E-state index in [-0.39, 0.29) is 0 Å².